The molecule has 112 valence electrons. The van der Waals surface area contributed by atoms with Crippen molar-refractivity contribution < 1.29 is 9.53 Å². The van der Waals surface area contributed by atoms with Gasteiger partial charge in [-0.1, -0.05) is 23.1 Å². The zero-order valence-electron chi connectivity index (χ0n) is 11.9. The van der Waals surface area contributed by atoms with Crippen LogP contribution in [0, 0.1) is 0 Å². The lowest BCUT2D eigenvalue weighted by Gasteiger charge is -2.25. The second-order valence-corrected chi connectivity index (χ2v) is 6.48. The van der Waals surface area contributed by atoms with Crippen LogP contribution in [0.3, 0.4) is 0 Å². The molecule has 0 spiro atoms. The van der Waals surface area contributed by atoms with E-state index in [0.29, 0.717) is 5.75 Å². The van der Waals surface area contributed by atoms with E-state index in [1.165, 1.54) is 11.8 Å². The molecule has 1 amide bonds. The summed E-state index contributed by atoms with van der Waals surface area (Å²) in [5.41, 5.74) is 0. The molecule has 1 saturated heterocycles. The number of anilines is 1. The second-order valence-electron chi connectivity index (χ2n) is 4.30. The highest BCUT2D eigenvalue weighted by atomic mass is 32.2. The fourth-order valence-corrected chi connectivity index (χ4v) is 3.73. The first-order valence-corrected chi connectivity index (χ1v) is 8.61. The van der Waals surface area contributed by atoms with Gasteiger partial charge in [-0.25, -0.2) is 0 Å². The fraction of sp³-hybridized carbons (Fsp3) is 0.750. The Hall–Kier alpha value is -0.860. The van der Waals surface area contributed by atoms with Gasteiger partial charge in [0.1, 0.15) is 0 Å². The van der Waals surface area contributed by atoms with Crippen LogP contribution in [0.15, 0.2) is 4.34 Å². The van der Waals surface area contributed by atoms with Crippen LogP contribution in [-0.4, -0.2) is 66.2 Å². The van der Waals surface area contributed by atoms with Crippen molar-refractivity contribution in [2.45, 2.75) is 18.2 Å². The number of carbonyl (C=O) groups is 1. The highest BCUT2D eigenvalue weighted by Crippen LogP contribution is 2.28. The predicted molar refractivity (Wildman–Crippen MR) is 81.6 cm³/mol. The standard InChI is InChI=1S/C12H20N4O2S2/c1-3-15(4-2)10(17)9-19-12-14-13-11(20-12)16-5-7-18-8-6-16/h3-9H2,1-2H3. The molecular weight excluding hydrogens is 296 g/mol. The third kappa shape index (κ3) is 4.07. The van der Waals surface area contributed by atoms with Crippen LogP contribution in [0.5, 0.6) is 0 Å². The molecule has 0 unspecified atom stereocenters. The number of hydrogen-bond donors (Lipinski definition) is 0. The molecule has 0 atom stereocenters. The highest BCUT2D eigenvalue weighted by Gasteiger charge is 2.17. The van der Waals surface area contributed by atoms with Crippen molar-refractivity contribution in [3.63, 3.8) is 0 Å². The summed E-state index contributed by atoms with van der Waals surface area (Å²) in [5, 5.41) is 9.27. The van der Waals surface area contributed by atoms with Crippen molar-refractivity contribution in [2.75, 3.05) is 50.0 Å². The Morgan fingerprint density at radius 1 is 1.35 bits per heavy atom. The lowest BCUT2D eigenvalue weighted by atomic mass is 10.5. The van der Waals surface area contributed by atoms with Gasteiger partial charge in [0.15, 0.2) is 4.34 Å². The van der Waals surface area contributed by atoms with Gasteiger partial charge in [0.2, 0.25) is 11.0 Å². The first kappa shape index (κ1) is 15.5. The van der Waals surface area contributed by atoms with E-state index in [1.807, 2.05) is 18.7 Å². The van der Waals surface area contributed by atoms with Gasteiger partial charge in [-0.2, -0.15) is 0 Å². The van der Waals surface area contributed by atoms with Crippen LogP contribution in [0.25, 0.3) is 0 Å². The first-order valence-electron chi connectivity index (χ1n) is 6.81. The Balaban J connectivity index is 1.84. The molecule has 0 aromatic carbocycles. The molecule has 0 bridgehead atoms. The zero-order valence-corrected chi connectivity index (χ0v) is 13.5. The zero-order chi connectivity index (χ0) is 14.4. The van der Waals surface area contributed by atoms with Gasteiger partial charge < -0.3 is 14.5 Å². The molecule has 0 saturated carbocycles. The number of amides is 1. The molecule has 1 aliphatic rings. The van der Waals surface area contributed by atoms with E-state index in [2.05, 4.69) is 15.1 Å². The average Bonchev–Trinajstić information content (AvgIpc) is 2.96. The van der Waals surface area contributed by atoms with Gasteiger partial charge in [-0.05, 0) is 13.8 Å². The second kappa shape index (κ2) is 7.80. The van der Waals surface area contributed by atoms with Crippen LogP contribution >= 0.6 is 23.1 Å². The number of rotatable bonds is 6. The number of carbonyl (C=O) groups excluding carboxylic acids is 1. The number of morpholine rings is 1. The van der Waals surface area contributed by atoms with Gasteiger partial charge in [0.25, 0.3) is 0 Å². The molecule has 2 rings (SSSR count). The topological polar surface area (TPSA) is 58.6 Å². The Bertz CT molecular complexity index is 431. The third-order valence-corrected chi connectivity index (χ3v) is 5.21. The SMILES string of the molecule is CCN(CC)C(=O)CSc1nnc(N2CCOCC2)s1. The van der Waals surface area contributed by atoms with Crippen molar-refractivity contribution in [1.29, 1.82) is 0 Å². The Morgan fingerprint density at radius 2 is 2.05 bits per heavy atom. The van der Waals surface area contributed by atoms with E-state index < -0.39 is 0 Å². The average molecular weight is 316 g/mol. The first-order chi connectivity index (χ1) is 9.74. The smallest absolute Gasteiger partial charge is 0.233 e. The molecule has 0 aliphatic carbocycles. The summed E-state index contributed by atoms with van der Waals surface area (Å²) in [7, 11) is 0. The van der Waals surface area contributed by atoms with Crippen molar-refractivity contribution in [1.82, 2.24) is 15.1 Å². The lowest BCUT2D eigenvalue weighted by Crippen LogP contribution is -2.36. The summed E-state index contributed by atoms with van der Waals surface area (Å²) in [4.78, 5) is 15.9. The molecule has 0 N–H and O–H groups in total. The van der Waals surface area contributed by atoms with Crippen LogP contribution in [-0.2, 0) is 9.53 Å². The molecule has 6 nitrogen and oxygen atoms in total. The number of nitrogens with zero attached hydrogens (tertiary/aromatic N) is 4. The number of aromatic nitrogens is 2. The quantitative estimate of drug-likeness (QED) is 0.738. The summed E-state index contributed by atoms with van der Waals surface area (Å²) in [5.74, 6) is 0.586. The molecule has 2 heterocycles. The molecule has 1 aromatic heterocycles. The number of hydrogen-bond acceptors (Lipinski definition) is 7. The summed E-state index contributed by atoms with van der Waals surface area (Å²) < 4.78 is 6.17. The number of ether oxygens (including phenoxy) is 1. The van der Waals surface area contributed by atoms with E-state index in [4.69, 9.17) is 4.74 Å². The summed E-state index contributed by atoms with van der Waals surface area (Å²) in [6.45, 7) is 8.69. The molecule has 1 aromatic rings. The molecule has 1 fully saturated rings. The summed E-state index contributed by atoms with van der Waals surface area (Å²) in [6, 6.07) is 0. The van der Waals surface area contributed by atoms with E-state index in [0.717, 1.165) is 48.9 Å². The largest absolute Gasteiger partial charge is 0.378 e. The normalized spacial score (nSPS) is 15.4. The minimum Gasteiger partial charge on any atom is -0.378 e. The van der Waals surface area contributed by atoms with Crippen molar-refractivity contribution in [3.8, 4) is 0 Å². The fourth-order valence-electron chi connectivity index (χ4n) is 1.93. The minimum atomic E-state index is 0.156. The molecule has 20 heavy (non-hydrogen) atoms. The van der Waals surface area contributed by atoms with Crippen molar-refractivity contribution in [2.24, 2.45) is 0 Å². The Labute approximate surface area is 127 Å². The molecule has 1 aliphatic heterocycles. The van der Waals surface area contributed by atoms with Crippen molar-refractivity contribution in [3.05, 3.63) is 0 Å². The van der Waals surface area contributed by atoms with Gasteiger partial charge in [0.05, 0.1) is 19.0 Å². The lowest BCUT2D eigenvalue weighted by molar-refractivity contribution is -0.127. The molecule has 0 radical (unpaired) electrons. The van der Waals surface area contributed by atoms with Gasteiger partial charge in [-0.3, -0.25) is 4.79 Å². The maximum atomic E-state index is 11.9. The van der Waals surface area contributed by atoms with E-state index in [-0.39, 0.29) is 5.91 Å². The van der Waals surface area contributed by atoms with Crippen LogP contribution in [0.1, 0.15) is 13.8 Å². The minimum absolute atomic E-state index is 0.156. The van der Waals surface area contributed by atoms with Gasteiger partial charge in [0, 0.05) is 26.2 Å². The van der Waals surface area contributed by atoms with Gasteiger partial charge >= 0.3 is 0 Å². The maximum absolute atomic E-state index is 11.9. The van der Waals surface area contributed by atoms with E-state index in [1.54, 1.807) is 11.3 Å². The van der Waals surface area contributed by atoms with Crippen LogP contribution in [0.4, 0.5) is 5.13 Å². The van der Waals surface area contributed by atoms with Gasteiger partial charge in [-0.15, -0.1) is 10.2 Å². The van der Waals surface area contributed by atoms with E-state index in [9.17, 15) is 4.79 Å². The molecular formula is C12H20N4O2S2. The van der Waals surface area contributed by atoms with E-state index >= 15 is 0 Å². The monoisotopic (exact) mass is 316 g/mol. The predicted octanol–water partition coefficient (Wildman–Crippen LogP) is 1.34. The highest BCUT2D eigenvalue weighted by molar-refractivity contribution is 8.01. The van der Waals surface area contributed by atoms with Crippen LogP contribution < -0.4 is 4.90 Å². The summed E-state index contributed by atoms with van der Waals surface area (Å²) >= 11 is 3.02. The van der Waals surface area contributed by atoms with Crippen LogP contribution in [0.2, 0.25) is 0 Å². The maximum Gasteiger partial charge on any atom is 0.233 e. The summed E-state index contributed by atoms with van der Waals surface area (Å²) in [6.07, 6.45) is 0. The Kier molecular flexibility index (Phi) is 6.06. The number of thioether (sulfide) groups is 1. The third-order valence-electron chi connectivity index (χ3n) is 3.11. The van der Waals surface area contributed by atoms with Crippen molar-refractivity contribution >= 4 is 34.1 Å². The Morgan fingerprint density at radius 3 is 2.70 bits per heavy atom. The molecule has 8 heteroatoms.